The number of aromatic hydroxyl groups is 2. The summed E-state index contributed by atoms with van der Waals surface area (Å²) >= 11 is 1.41. The van der Waals surface area contributed by atoms with Gasteiger partial charge >= 0.3 is 0 Å². The van der Waals surface area contributed by atoms with Crippen molar-refractivity contribution in [3.8, 4) is 11.5 Å². The molecule has 3 heterocycles. The lowest BCUT2D eigenvalue weighted by molar-refractivity contribution is -0.128. The second-order valence-electron chi connectivity index (χ2n) is 13.3. The van der Waals surface area contributed by atoms with Crippen molar-refractivity contribution >= 4 is 49.9 Å². The second-order valence-corrected chi connectivity index (χ2v) is 14.3. The Bertz CT molecular complexity index is 1490. The Morgan fingerprint density at radius 1 is 1.05 bits per heavy atom. The normalized spacial score (nSPS) is 20.7. The van der Waals surface area contributed by atoms with Gasteiger partial charge in [-0.25, -0.2) is 4.98 Å². The molecule has 224 valence electrons. The number of benzene rings is 2. The molecule has 10 heteroatoms. The Morgan fingerprint density at radius 3 is 2.45 bits per heavy atom. The summed E-state index contributed by atoms with van der Waals surface area (Å²) in [4.78, 5) is 33.1. The molecule has 2 aliphatic carbocycles. The number of carbonyl (C=O) groups excluding carboxylic acids is 2. The molecule has 42 heavy (non-hydrogen) atoms. The van der Waals surface area contributed by atoms with E-state index in [1.807, 2.05) is 26.8 Å². The van der Waals surface area contributed by atoms with Gasteiger partial charge in [0.2, 0.25) is 5.91 Å². The van der Waals surface area contributed by atoms with Gasteiger partial charge in [-0.1, -0.05) is 51.4 Å². The van der Waals surface area contributed by atoms with E-state index in [1.165, 1.54) is 36.7 Å². The fourth-order valence-electron chi connectivity index (χ4n) is 6.47. The highest BCUT2D eigenvalue weighted by atomic mass is 32.1. The van der Waals surface area contributed by atoms with Crippen LogP contribution in [-0.2, 0) is 11.3 Å². The molecule has 9 nitrogen and oxygen atoms in total. The molecule has 2 aromatic carbocycles. The molecule has 2 saturated heterocycles. The molecule has 0 unspecified atom stereocenters. The van der Waals surface area contributed by atoms with E-state index < -0.39 is 5.41 Å². The molecule has 4 aliphatic rings. The lowest BCUT2D eigenvalue weighted by Gasteiger charge is -2.48. The SMILES string of the molecule is CC(C)(C)C(=O)NCc1ccc(O)c(Nc2nc3cc(C(=O)NC4CCCCC4)c(N4CC5CC(C5)C4)cc3s2)c1O. The molecule has 0 atom stereocenters. The van der Waals surface area contributed by atoms with E-state index in [0.29, 0.717) is 33.6 Å². The number of hydrogen-bond donors (Lipinski definition) is 5. The number of rotatable bonds is 7. The van der Waals surface area contributed by atoms with Gasteiger partial charge in [0, 0.05) is 36.7 Å². The largest absolute Gasteiger partial charge is 0.506 e. The van der Waals surface area contributed by atoms with Gasteiger partial charge < -0.3 is 31.1 Å². The first-order valence-electron chi connectivity index (χ1n) is 15.1. The molecule has 3 aromatic rings. The molecule has 0 radical (unpaired) electrons. The van der Waals surface area contributed by atoms with Crippen LogP contribution in [0.15, 0.2) is 24.3 Å². The van der Waals surface area contributed by atoms with Crippen LogP contribution >= 0.6 is 11.3 Å². The maximum Gasteiger partial charge on any atom is 0.253 e. The minimum atomic E-state index is -0.561. The lowest BCUT2D eigenvalue weighted by atomic mass is 9.71. The van der Waals surface area contributed by atoms with Crippen LogP contribution in [0.2, 0.25) is 0 Å². The van der Waals surface area contributed by atoms with Crippen LogP contribution in [0.1, 0.15) is 81.6 Å². The van der Waals surface area contributed by atoms with Gasteiger partial charge in [-0.15, -0.1) is 0 Å². The first kappa shape index (κ1) is 28.6. The number of nitrogens with one attached hydrogen (secondary N) is 3. The first-order chi connectivity index (χ1) is 20.0. The minimum absolute atomic E-state index is 0.0409. The summed E-state index contributed by atoms with van der Waals surface area (Å²) in [5, 5.41) is 31.3. The fourth-order valence-corrected chi connectivity index (χ4v) is 7.36. The number of hydrogen-bond acceptors (Lipinski definition) is 8. The van der Waals surface area contributed by atoms with E-state index >= 15 is 0 Å². The number of phenols is 2. The standard InChI is InChI=1S/C32H41N5O4S/c1-32(2,3)30(41)33-15-20-9-10-25(38)27(28(20)39)36-31-35-23-13-22(29(40)34-21-7-5-4-6-8-21)24(14-26(23)42-31)37-16-18-11-19(12-18)17-37/h9-10,13-14,18-19,21,38-39H,4-8,11-12,15-17H2,1-3H3,(H,33,41)(H,34,40)(H,35,36). The Balaban J connectivity index is 1.28. The zero-order valence-corrected chi connectivity index (χ0v) is 25.4. The predicted octanol–water partition coefficient (Wildman–Crippen LogP) is 6.02. The third kappa shape index (κ3) is 5.86. The number of piperidine rings is 2. The Kier molecular flexibility index (Phi) is 7.68. The van der Waals surface area contributed by atoms with Crippen molar-refractivity contribution < 1.29 is 19.8 Å². The zero-order valence-electron chi connectivity index (χ0n) is 24.6. The molecule has 5 N–H and O–H groups in total. The number of carbonyl (C=O) groups is 2. The van der Waals surface area contributed by atoms with Crippen molar-refractivity contribution in [1.82, 2.24) is 15.6 Å². The van der Waals surface area contributed by atoms with Gasteiger partial charge in [-0.3, -0.25) is 9.59 Å². The average Bonchev–Trinajstić information content (AvgIpc) is 3.35. The van der Waals surface area contributed by atoms with Gasteiger partial charge in [0.25, 0.3) is 5.91 Å². The molecule has 4 fully saturated rings. The molecular formula is C32H41N5O4S. The molecule has 0 spiro atoms. The maximum atomic E-state index is 13.6. The van der Waals surface area contributed by atoms with Crippen molar-refractivity contribution in [2.24, 2.45) is 17.3 Å². The Hall–Kier alpha value is -3.53. The summed E-state index contributed by atoms with van der Waals surface area (Å²) in [6, 6.07) is 7.26. The zero-order chi connectivity index (χ0) is 29.6. The highest BCUT2D eigenvalue weighted by molar-refractivity contribution is 7.22. The molecular weight excluding hydrogens is 550 g/mol. The van der Waals surface area contributed by atoms with Gasteiger partial charge in [0.15, 0.2) is 5.13 Å². The van der Waals surface area contributed by atoms with Crippen molar-refractivity contribution in [2.45, 2.75) is 78.3 Å². The topological polar surface area (TPSA) is 127 Å². The van der Waals surface area contributed by atoms with E-state index in [1.54, 1.807) is 6.07 Å². The van der Waals surface area contributed by atoms with Crippen molar-refractivity contribution in [1.29, 1.82) is 0 Å². The van der Waals surface area contributed by atoms with Gasteiger partial charge in [0.05, 0.1) is 21.5 Å². The van der Waals surface area contributed by atoms with Crippen LogP contribution in [0, 0.1) is 17.3 Å². The predicted molar refractivity (Wildman–Crippen MR) is 167 cm³/mol. The maximum absolute atomic E-state index is 13.6. The summed E-state index contributed by atoms with van der Waals surface area (Å²) in [5.41, 5.74) is 2.35. The van der Waals surface area contributed by atoms with Crippen LogP contribution < -0.4 is 20.9 Å². The van der Waals surface area contributed by atoms with E-state index in [-0.39, 0.29) is 41.6 Å². The molecule has 2 saturated carbocycles. The molecule has 2 amide bonds. The third-order valence-corrected chi connectivity index (χ3v) is 9.85. The quantitative estimate of drug-likeness (QED) is 0.213. The van der Waals surface area contributed by atoms with Crippen LogP contribution in [0.5, 0.6) is 11.5 Å². The third-order valence-electron chi connectivity index (χ3n) is 8.91. The van der Waals surface area contributed by atoms with Crippen LogP contribution in [0.4, 0.5) is 16.5 Å². The summed E-state index contributed by atoms with van der Waals surface area (Å²) < 4.78 is 0.925. The molecule has 2 bridgehead atoms. The van der Waals surface area contributed by atoms with Crippen LogP contribution in [0.25, 0.3) is 10.2 Å². The monoisotopic (exact) mass is 591 g/mol. The molecule has 1 aromatic heterocycles. The highest BCUT2D eigenvalue weighted by Crippen LogP contribution is 2.44. The average molecular weight is 592 g/mol. The van der Waals surface area contributed by atoms with E-state index in [2.05, 4.69) is 26.9 Å². The Labute approximate surface area is 250 Å². The summed E-state index contributed by atoms with van der Waals surface area (Å²) in [6.45, 7) is 7.53. The highest BCUT2D eigenvalue weighted by Gasteiger charge is 2.38. The first-order valence-corrected chi connectivity index (χ1v) is 16.0. The summed E-state index contributed by atoms with van der Waals surface area (Å²) in [5.74, 6) is 0.932. The van der Waals surface area contributed by atoms with Crippen LogP contribution in [-0.4, -0.2) is 46.1 Å². The van der Waals surface area contributed by atoms with E-state index in [9.17, 15) is 19.8 Å². The van der Waals surface area contributed by atoms with Gasteiger partial charge in [0.1, 0.15) is 17.2 Å². The number of fused-ring (bicyclic) bond motifs is 3. The molecule has 2 aliphatic heterocycles. The lowest BCUT2D eigenvalue weighted by Crippen LogP contribution is -2.49. The van der Waals surface area contributed by atoms with Crippen molar-refractivity contribution in [2.75, 3.05) is 23.3 Å². The second kappa shape index (κ2) is 11.3. The van der Waals surface area contributed by atoms with Crippen LogP contribution in [0.3, 0.4) is 0 Å². The smallest absolute Gasteiger partial charge is 0.253 e. The van der Waals surface area contributed by atoms with Gasteiger partial charge in [-0.2, -0.15) is 0 Å². The number of anilines is 3. The van der Waals surface area contributed by atoms with Crippen molar-refractivity contribution in [3.05, 3.63) is 35.4 Å². The van der Waals surface area contributed by atoms with E-state index in [0.717, 1.165) is 49.2 Å². The Morgan fingerprint density at radius 2 is 1.76 bits per heavy atom. The van der Waals surface area contributed by atoms with Crippen molar-refractivity contribution in [3.63, 3.8) is 0 Å². The number of phenolic OH excluding ortho intramolecular Hbond substituents is 2. The molecule has 7 rings (SSSR count). The number of thiazole rings is 1. The number of nitrogens with zero attached hydrogens (tertiary/aromatic N) is 2. The van der Waals surface area contributed by atoms with Gasteiger partial charge in [-0.05, 0) is 61.8 Å². The van der Waals surface area contributed by atoms with E-state index in [4.69, 9.17) is 4.98 Å². The summed E-state index contributed by atoms with van der Waals surface area (Å²) in [7, 11) is 0. The number of amides is 2. The number of aromatic nitrogens is 1. The summed E-state index contributed by atoms with van der Waals surface area (Å²) in [6.07, 6.45) is 8.14. The fraction of sp³-hybridized carbons (Fsp3) is 0.531. The minimum Gasteiger partial charge on any atom is -0.506 e.